The molecule has 0 aliphatic carbocycles. The van der Waals surface area contributed by atoms with Crippen LogP contribution in [0.2, 0.25) is 10.0 Å². The van der Waals surface area contributed by atoms with E-state index in [4.69, 9.17) is 28.9 Å². The second-order valence-electron chi connectivity index (χ2n) is 4.47. The van der Waals surface area contributed by atoms with Crippen molar-refractivity contribution in [3.63, 3.8) is 0 Å². The van der Waals surface area contributed by atoms with E-state index in [0.717, 1.165) is 0 Å². The van der Waals surface area contributed by atoms with Gasteiger partial charge in [0.15, 0.2) is 0 Å². The zero-order chi connectivity index (χ0) is 14.7. The van der Waals surface area contributed by atoms with Gasteiger partial charge in [0.2, 0.25) is 0 Å². The predicted molar refractivity (Wildman–Crippen MR) is 79.6 cm³/mol. The van der Waals surface area contributed by atoms with Gasteiger partial charge in [-0.05, 0) is 29.8 Å². The number of hydrogen-bond donors (Lipinski definition) is 2. The number of halogens is 3. The molecule has 3 N–H and O–H groups in total. The molecule has 0 saturated heterocycles. The molecule has 2 aromatic rings. The Morgan fingerprint density at radius 2 is 1.75 bits per heavy atom. The Morgan fingerprint density at radius 3 is 2.30 bits per heavy atom. The lowest BCUT2D eigenvalue weighted by atomic mass is 9.89. The molecular weight excluding hydrogens is 300 g/mol. The minimum atomic E-state index is -0.952. The highest BCUT2D eigenvalue weighted by Crippen LogP contribution is 2.36. The standard InChI is InChI=1S/C15H14Cl2FNO/c16-10-6-4-9(5-7-10)15(20)11(8-19)14-12(17)2-1-3-13(14)18/h1-7,11,15,20H,8,19H2. The summed E-state index contributed by atoms with van der Waals surface area (Å²) in [5.41, 5.74) is 6.55. The summed E-state index contributed by atoms with van der Waals surface area (Å²) in [6.07, 6.45) is -0.952. The van der Waals surface area contributed by atoms with Crippen LogP contribution < -0.4 is 5.73 Å². The SMILES string of the molecule is NCC(c1c(F)cccc1Cl)C(O)c1ccc(Cl)cc1. The van der Waals surface area contributed by atoms with Gasteiger partial charge in [0.05, 0.1) is 6.10 Å². The lowest BCUT2D eigenvalue weighted by Crippen LogP contribution is -2.21. The summed E-state index contributed by atoms with van der Waals surface area (Å²) >= 11 is 11.8. The molecule has 0 aromatic heterocycles. The molecule has 5 heteroatoms. The van der Waals surface area contributed by atoms with Crippen molar-refractivity contribution in [2.75, 3.05) is 6.54 Å². The van der Waals surface area contributed by atoms with Crippen LogP contribution in [-0.2, 0) is 0 Å². The molecule has 0 heterocycles. The van der Waals surface area contributed by atoms with Gasteiger partial charge in [-0.2, -0.15) is 0 Å². The van der Waals surface area contributed by atoms with Gasteiger partial charge >= 0.3 is 0 Å². The van der Waals surface area contributed by atoms with Crippen LogP contribution in [0.4, 0.5) is 4.39 Å². The molecule has 0 radical (unpaired) electrons. The summed E-state index contributed by atoms with van der Waals surface area (Å²) in [7, 11) is 0. The largest absolute Gasteiger partial charge is 0.388 e. The average Bonchev–Trinajstić information content (AvgIpc) is 2.43. The van der Waals surface area contributed by atoms with Crippen LogP contribution in [0.25, 0.3) is 0 Å². The van der Waals surface area contributed by atoms with Gasteiger partial charge in [0, 0.05) is 28.1 Å². The fraction of sp³-hybridized carbons (Fsp3) is 0.200. The van der Waals surface area contributed by atoms with E-state index < -0.39 is 17.8 Å². The van der Waals surface area contributed by atoms with Crippen LogP contribution in [0, 0.1) is 5.82 Å². The minimum Gasteiger partial charge on any atom is -0.388 e. The van der Waals surface area contributed by atoms with Gasteiger partial charge in [-0.3, -0.25) is 0 Å². The van der Waals surface area contributed by atoms with E-state index in [1.165, 1.54) is 12.1 Å². The molecule has 106 valence electrons. The smallest absolute Gasteiger partial charge is 0.128 e. The molecule has 20 heavy (non-hydrogen) atoms. The predicted octanol–water partition coefficient (Wildman–Crippen LogP) is 3.91. The molecule has 2 unspecified atom stereocenters. The Morgan fingerprint density at radius 1 is 1.10 bits per heavy atom. The topological polar surface area (TPSA) is 46.2 Å². The number of aliphatic hydroxyl groups excluding tert-OH is 1. The van der Waals surface area contributed by atoms with E-state index in [1.54, 1.807) is 30.3 Å². The normalized spacial score (nSPS) is 14.1. The number of benzene rings is 2. The molecule has 0 saturated carbocycles. The summed E-state index contributed by atoms with van der Waals surface area (Å²) in [5, 5.41) is 11.2. The summed E-state index contributed by atoms with van der Waals surface area (Å²) in [5.74, 6) is -1.09. The van der Waals surface area contributed by atoms with Crippen molar-refractivity contribution in [1.29, 1.82) is 0 Å². The zero-order valence-electron chi connectivity index (χ0n) is 10.6. The second kappa shape index (κ2) is 6.55. The third-order valence-corrected chi connectivity index (χ3v) is 3.80. The van der Waals surface area contributed by atoms with E-state index >= 15 is 0 Å². The maximum Gasteiger partial charge on any atom is 0.128 e. The van der Waals surface area contributed by atoms with Crippen molar-refractivity contribution >= 4 is 23.2 Å². The van der Waals surface area contributed by atoms with Crippen molar-refractivity contribution in [2.45, 2.75) is 12.0 Å². The highest BCUT2D eigenvalue weighted by atomic mass is 35.5. The molecule has 2 atom stereocenters. The summed E-state index contributed by atoms with van der Waals surface area (Å²) in [6.45, 7) is 0.0739. The fourth-order valence-electron chi connectivity index (χ4n) is 2.16. The van der Waals surface area contributed by atoms with Crippen molar-refractivity contribution in [3.05, 3.63) is 69.5 Å². The molecule has 0 fully saturated rings. The molecule has 0 aliphatic rings. The van der Waals surface area contributed by atoms with E-state index in [9.17, 15) is 9.50 Å². The van der Waals surface area contributed by atoms with Crippen molar-refractivity contribution in [1.82, 2.24) is 0 Å². The maximum absolute atomic E-state index is 14.0. The Kier molecular flexibility index (Phi) is 5.00. The highest BCUT2D eigenvalue weighted by Gasteiger charge is 2.26. The Hall–Kier alpha value is -1.13. The number of hydrogen-bond acceptors (Lipinski definition) is 2. The lowest BCUT2D eigenvalue weighted by Gasteiger charge is -2.23. The van der Waals surface area contributed by atoms with Gasteiger partial charge in [-0.15, -0.1) is 0 Å². The zero-order valence-corrected chi connectivity index (χ0v) is 12.1. The second-order valence-corrected chi connectivity index (χ2v) is 5.32. The molecule has 0 amide bonds. The quantitative estimate of drug-likeness (QED) is 0.899. The number of aliphatic hydroxyl groups is 1. The van der Waals surface area contributed by atoms with Gasteiger partial charge < -0.3 is 10.8 Å². The lowest BCUT2D eigenvalue weighted by molar-refractivity contribution is 0.146. The van der Waals surface area contributed by atoms with Gasteiger partial charge in [-0.25, -0.2) is 4.39 Å². The van der Waals surface area contributed by atoms with Crippen molar-refractivity contribution < 1.29 is 9.50 Å². The molecule has 2 rings (SSSR count). The van der Waals surface area contributed by atoms with Crippen LogP contribution in [0.3, 0.4) is 0 Å². The van der Waals surface area contributed by atoms with Crippen LogP contribution in [-0.4, -0.2) is 11.7 Å². The first kappa shape index (κ1) is 15.3. The molecule has 0 spiro atoms. The first-order valence-electron chi connectivity index (χ1n) is 6.12. The minimum absolute atomic E-state index is 0.0739. The Labute approximate surface area is 126 Å². The maximum atomic E-state index is 14.0. The van der Waals surface area contributed by atoms with Crippen molar-refractivity contribution in [3.8, 4) is 0 Å². The first-order valence-corrected chi connectivity index (χ1v) is 6.87. The summed E-state index contributed by atoms with van der Waals surface area (Å²) in [4.78, 5) is 0. The third kappa shape index (κ3) is 3.13. The number of rotatable bonds is 4. The van der Waals surface area contributed by atoms with E-state index in [2.05, 4.69) is 0 Å². The first-order chi connectivity index (χ1) is 9.54. The van der Waals surface area contributed by atoms with E-state index in [-0.39, 0.29) is 17.1 Å². The van der Waals surface area contributed by atoms with Gasteiger partial charge in [0.25, 0.3) is 0 Å². The molecule has 0 bridgehead atoms. The van der Waals surface area contributed by atoms with Gasteiger partial charge in [-0.1, -0.05) is 41.4 Å². The Balaban J connectivity index is 2.39. The highest BCUT2D eigenvalue weighted by molar-refractivity contribution is 6.31. The van der Waals surface area contributed by atoms with Crippen molar-refractivity contribution in [2.24, 2.45) is 5.73 Å². The number of nitrogens with two attached hydrogens (primary N) is 1. The van der Waals surface area contributed by atoms with Gasteiger partial charge in [0.1, 0.15) is 5.82 Å². The van der Waals surface area contributed by atoms with E-state index in [0.29, 0.717) is 10.6 Å². The van der Waals surface area contributed by atoms with Crippen LogP contribution >= 0.6 is 23.2 Å². The van der Waals surface area contributed by atoms with Crippen LogP contribution in [0.1, 0.15) is 23.1 Å². The molecular formula is C15H14Cl2FNO. The Bertz CT molecular complexity index is 569. The third-order valence-electron chi connectivity index (χ3n) is 3.22. The average molecular weight is 314 g/mol. The molecule has 2 aromatic carbocycles. The summed E-state index contributed by atoms with van der Waals surface area (Å²) in [6, 6.07) is 11.1. The monoisotopic (exact) mass is 313 g/mol. The summed E-state index contributed by atoms with van der Waals surface area (Å²) < 4.78 is 14.0. The molecule has 2 nitrogen and oxygen atoms in total. The van der Waals surface area contributed by atoms with Crippen LogP contribution in [0.15, 0.2) is 42.5 Å². The van der Waals surface area contributed by atoms with E-state index in [1.807, 2.05) is 0 Å². The molecule has 0 aliphatic heterocycles. The van der Waals surface area contributed by atoms with Crippen LogP contribution in [0.5, 0.6) is 0 Å². The fourth-order valence-corrected chi connectivity index (χ4v) is 2.59.